The van der Waals surface area contributed by atoms with Crippen LogP contribution in [0.5, 0.6) is 11.5 Å². The standard InChI is InChI=1S/C52H41N5O/c1-32(2)37-19-14-20-38(33(3)4)50(37)57-47-24-13-10-21-44(47)54-52(57)56-46-23-12-9-18-41(46)42-28-26-36(30-48(42)56)58-35-25-27-39-40-17-8-11-22-45(40)55-49(34-15-6-5-7-16-34)31-53-51(55)43(39)29-35/h5-33H,1-4H3. The average molecular weight is 752 g/mol. The summed E-state index contributed by atoms with van der Waals surface area (Å²) < 4.78 is 13.8. The minimum Gasteiger partial charge on any atom is -0.457 e. The van der Waals surface area contributed by atoms with Gasteiger partial charge in [0.25, 0.3) is 0 Å². The molecule has 11 rings (SSSR count). The molecule has 0 aliphatic rings. The number of rotatable bonds is 7. The van der Waals surface area contributed by atoms with Crippen LogP contribution in [0.25, 0.3) is 83.1 Å². The van der Waals surface area contributed by atoms with Crippen molar-refractivity contribution in [1.82, 2.24) is 23.5 Å². The zero-order valence-electron chi connectivity index (χ0n) is 32.9. The van der Waals surface area contributed by atoms with Gasteiger partial charge in [0.2, 0.25) is 5.95 Å². The second-order valence-electron chi connectivity index (χ2n) is 15.9. The number of pyridine rings is 1. The van der Waals surface area contributed by atoms with E-state index in [1.807, 2.05) is 12.3 Å². The lowest BCUT2D eigenvalue weighted by Crippen LogP contribution is -2.11. The topological polar surface area (TPSA) is 49.3 Å². The van der Waals surface area contributed by atoms with Crippen molar-refractivity contribution in [2.45, 2.75) is 39.5 Å². The molecule has 0 aliphatic carbocycles. The fourth-order valence-electron chi connectivity index (χ4n) is 9.02. The Labute approximate surface area is 336 Å². The molecule has 0 bridgehead atoms. The predicted molar refractivity (Wildman–Crippen MR) is 239 cm³/mol. The highest BCUT2D eigenvalue weighted by atomic mass is 16.5. The number of para-hydroxylation sites is 5. The molecular weight excluding hydrogens is 711 g/mol. The van der Waals surface area contributed by atoms with Crippen molar-refractivity contribution in [3.63, 3.8) is 0 Å². The first kappa shape index (κ1) is 34.1. The van der Waals surface area contributed by atoms with Gasteiger partial charge in [-0.2, -0.15) is 0 Å². The average Bonchev–Trinajstić information content (AvgIpc) is 3.96. The SMILES string of the molecule is CC(C)c1cccc(C(C)C)c1-n1c(-n2c3ccccc3c3ccc(Oc4ccc5c6ccccc6n6c(-c7ccccc7)cnc6c5c4)cc32)nc2ccccc21. The molecule has 280 valence electrons. The van der Waals surface area contributed by atoms with Crippen molar-refractivity contribution in [1.29, 1.82) is 0 Å². The maximum absolute atomic E-state index is 6.83. The number of hydrogen-bond donors (Lipinski definition) is 0. The molecule has 11 aromatic rings. The second-order valence-corrected chi connectivity index (χ2v) is 15.9. The maximum Gasteiger partial charge on any atom is 0.220 e. The predicted octanol–water partition coefficient (Wildman–Crippen LogP) is 13.8. The van der Waals surface area contributed by atoms with Crippen LogP contribution in [-0.2, 0) is 0 Å². The van der Waals surface area contributed by atoms with Crippen LogP contribution in [0.4, 0.5) is 0 Å². The Morgan fingerprint density at radius 3 is 1.83 bits per heavy atom. The van der Waals surface area contributed by atoms with Gasteiger partial charge in [-0.25, -0.2) is 9.97 Å². The van der Waals surface area contributed by atoms with E-state index in [0.29, 0.717) is 11.8 Å². The van der Waals surface area contributed by atoms with Gasteiger partial charge in [0.1, 0.15) is 17.1 Å². The van der Waals surface area contributed by atoms with Gasteiger partial charge in [0.15, 0.2) is 0 Å². The summed E-state index contributed by atoms with van der Waals surface area (Å²) in [5.74, 6) is 2.97. The number of aromatic nitrogens is 5. The fourth-order valence-corrected chi connectivity index (χ4v) is 9.02. The molecule has 4 aromatic heterocycles. The Kier molecular flexibility index (Phi) is 7.76. The molecule has 0 saturated heterocycles. The highest BCUT2D eigenvalue weighted by molar-refractivity contribution is 6.13. The summed E-state index contributed by atoms with van der Waals surface area (Å²) in [5.41, 5.74) is 12.1. The summed E-state index contributed by atoms with van der Waals surface area (Å²) in [6, 6.07) is 55.7. The van der Waals surface area contributed by atoms with Crippen LogP contribution >= 0.6 is 0 Å². The molecule has 0 spiro atoms. The van der Waals surface area contributed by atoms with E-state index in [-0.39, 0.29) is 0 Å². The van der Waals surface area contributed by atoms with Crippen molar-refractivity contribution in [3.05, 3.63) is 175 Å². The zero-order valence-corrected chi connectivity index (χ0v) is 32.9. The first-order valence-electron chi connectivity index (χ1n) is 20.1. The van der Waals surface area contributed by atoms with Crippen molar-refractivity contribution in [2.75, 3.05) is 0 Å². The van der Waals surface area contributed by atoms with Crippen LogP contribution in [0, 0.1) is 0 Å². The van der Waals surface area contributed by atoms with E-state index < -0.39 is 0 Å². The number of ether oxygens (including phenoxy) is 1. The van der Waals surface area contributed by atoms with Gasteiger partial charge >= 0.3 is 0 Å². The van der Waals surface area contributed by atoms with E-state index in [2.05, 4.69) is 193 Å². The molecule has 58 heavy (non-hydrogen) atoms. The van der Waals surface area contributed by atoms with Crippen LogP contribution in [0.1, 0.15) is 50.7 Å². The van der Waals surface area contributed by atoms with Crippen LogP contribution in [-0.4, -0.2) is 23.5 Å². The normalized spacial score (nSPS) is 12.1. The van der Waals surface area contributed by atoms with E-state index >= 15 is 0 Å². The first-order chi connectivity index (χ1) is 28.4. The number of benzene rings is 7. The third-order valence-electron chi connectivity index (χ3n) is 11.7. The molecule has 6 heteroatoms. The van der Waals surface area contributed by atoms with E-state index in [4.69, 9.17) is 14.7 Å². The van der Waals surface area contributed by atoms with Gasteiger partial charge in [0.05, 0.1) is 45.2 Å². The largest absolute Gasteiger partial charge is 0.457 e. The smallest absolute Gasteiger partial charge is 0.220 e. The van der Waals surface area contributed by atoms with Gasteiger partial charge in [-0.3, -0.25) is 13.5 Å². The number of imidazole rings is 2. The van der Waals surface area contributed by atoms with Crippen molar-refractivity contribution >= 4 is 60.2 Å². The van der Waals surface area contributed by atoms with Crippen molar-refractivity contribution in [3.8, 4) is 34.4 Å². The lowest BCUT2D eigenvalue weighted by molar-refractivity contribution is 0.484. The molecule has 0 fully saturated rings. The van der Waals surface area contributed by atoms with Gasteiger partial charge in [-0.1, -0.05) is 125 Å². The molecule has 0 aliphatic heterocycles. The number of hydrogen-bond acceptors (Lipinski definition) is 3. The van der Waals surface area contributed by atoms with Crippen LogP contribution in [0.3, 0.4) is 0 Å². The molecule has 0 unspecified atom stereocenters. The lowest BCUT2D eigenvalue weighted by Gasteiger charge is -2.23. The first-order valence-corrected chi connectivity index (χ1v) is 20.1. The van der Waals surface area contributed by atoms with E-state index in [1.165, 1.54) is 22.2 Å². The fraction of sp³-hybridized carbons (Fsp3) is 0.115. The molecule has 6 nitrogen and oxygen atoms in total. The van der Waals surface area contributed by atoms with Crippen LogP contribution < -0.4 is 4.74 Å². The van der Waals surface area contributed by atoms with Gasteiger partial charge < -0.3 is 4.74 Å². The van der Waals surface area contributed by atoms with Gasteiger partial charge in [0, 0.05) is 33.2 Å². The van der Waals surface area contributed by atoms with E-state index in [0.717, 1.165) is 83.5 Å². The van der Waals surface area contributed by atoms with E-state index in [1.54, 1.807) is 0 Å². The Morgan fingerprint density at radius 1 is 0.483 bits per heavy atom. The summed E-state index contributed by atoms with van der Waals surface area (Å²) in [7, 11) is 0. The number of fused-ring (bicyclic) bond motifs is 10. The van der Waals surface area contributed by atoms with Crippen LogP contribution in [0.15, 0.2) is 164 Å². The van der Waals surface area contributed by atoms with E-state index in [9.17, 15) is 0 Å². The summed E-state index contributed by atoms with van der Waals surface area (Å²) >= 11 is 0. The molecule has 0 saturated carbocycles. The minimum atomic E-state index is 0.314. The minimum absolute atomic E-state index is 0.314. The molecule has 0 radical (unpaired) electrons. The summed E-state index contributed by atoms with van der Waals surface area (Å²) in [6.07, 6.45) is 1.98. The van der Waals surface area contributed by atoms with Crippen LogP contribution in [0.2, 0.25) is 0 Å². The molecule has 0 amide bonds. The molecule has 0 atom stereocenters. The van der Waals surface area contributed by atoms with Crippen molar-refractivity contribution in [2.24, 2.45) is 0 Å². The Bertz CT molecular complexity index is 3360. The Morgan fingerprint density at radius 2 is 1.09 bits per heavy atom. The third-order valence-corrected chi connectivity index (χ3v) is 11.7. The summed E-state index contributed by atoms with van der Waals surface area (Å²) in [6.45, 7) is 9.11. The molecule has 4 heterocycles. The Balaban J connectivity index is 1.12. The molecule has 7 aromatic carbocycles. The van der Waals surface area contributed by atoms with Gasteiger partial charge in [-0.15, -0.1) is 0 Å². The molecular formula is C52H41N5O. The Hall–Kier alpha value is -7.18. The monoisotopic (exact) mass is 751 g/mol. The zero-order chi connectivity index (χ0) is 39.1. The van der Waals surface area contributed by atoms with Gasteiger partial charge in [-0.05, 0) is 82.9 Å². The highest BCUT2D eigenvalue weighted by Crippen LogP contribution is 2.41. The summed E-state index contributed by atoms with van der Waals surface area (Å²) in [4.78, 5) is 10.4. The lowest BCUT2D eigenvalue weighted by atomic mass is 9.92. The highest BCUT2D eigenvalue weighted by Gasteiger charge is 2.25. The molecule has 0 N–H and O–H groups in total. The quantitative estimate of drug-likeness (QED) is 0.152. The third kappa shape index (κ3) is 5.18. The van der Waals surface area contributed by atoms with Crippen molar-refractivity contribution < 1.29 is 4.74 Å². The number of nitrogens with zero attached hydrogens (tertiary/aromatic N) is 5. The maximum atomic E-state index is 6.83. The second kappa shape index (κ2) is 13.2. The summed E-state index contributed by atoms with van der Waals surface area (Å²) in [5, 5.41) is 5.64.